The molecule has 0 atom stereocenters. The van der Waals surface area contributed by atoms with Gasteiger partial charge in [0.2, 0.25) is 5.89 Å². The average molecular weight is 393 g/mol. The molecule has 0 radical (unpaired) electrons. The van der Waals surface area contributed by atoms with Crippen LogP contribution in [-0.2, 0) is 5.75 Å². The van der Waals surface area contributed by atoms with Gasteiger partial charge in [-0.15, -0.1) is 0 Å². The van der Waals surface area contributed by atoms with Gasteiger partial charge in [-0.1, -0.05) is 30.0 Å². The number of fused-ring (bicyclic) bond motifs is 1. The number of para-hydroxylation sites is 1. The highest BCUT2D eigenvalue weighted by molar-refractivity contribution is 7.98. The van der Waals surface area contributed by atoms with Crippen molar-refractivity contribution in [2.24, 2.45) is 0 Å². The predicted octanol–water partition coefficient (Wildman–Crippen LogP) is 4.82. The third kappa shape index (κ3) is 3.22. The van der Waals surface area contributed by atoms with E-state index in [1.165, 1.54) is 23.9 Å². The summed E-state index contributed by atoms with van der Waals surface area (Å²) in [6.07, 6.45) is 3.57. The van der Waals surface area contributed by atoms with Gasteiger partial charge in [0, 0.05) is 17.4 Å². The maximum atomic E-state index is 13.4. The van der Waals surface area contributed by atoms with Crippen molar-refractivity contribution in [1.82, 2.24) is 14.5 Å². The molecule has 2 aromatic carbocycles. The van der Waals surface area contributed by atoms with Gasteiger partial charge in [-0.05, 0) is 43.2 Å². The Morgan fingerprint density at radius 3 is 2.82 bits per heavy atom. The molecular formula is C21H16FN3O2S. The molecule has 0 bridgehead atoms. The zero-order valence-electron chi connectivity index (χ0n) is 14.8. The Labute approximate surface area is 164 Å². The largest absolute Gasteiger partial charge is 0.444 e. The van der Waals surface area contributed by atoms with E-state index in [0.29, 0.717) is 39.0 Å². The van der Waals surface area contributed by atoms with E-state index in [1.54, 1.807) is 23.0 Å². The number of aromatic nitrogens is 3. The van der Waals surface area contributed by atoms with Gasteiger partial charge < -0.3 is 4.42 Å². The Morgan fingerprint density at radius 2 is 2.00 bits per heavy atom. The SMILES string of the molecule is O=c1c2ccccc2nc(SCc2coc(-c3cccc(F)c3)n2)n1C1CC1. The standard InChI is InChI=1S/C21H16FN3O2S/c22-14-5-3-4-13(10-14)19-23-15(11-27-19)12-28-21-24-18-7-2-1-6-17(18)20(26)25(21)16-8-9-16/h1-7,10-11,16H,8-9,12H2. The summed E-state index contributed by atoms with van der Waals surface area (Å²) in [4.78, 5) is 22.1. The second-order valence-corrected chi connectivity index (χ2v) is 7.70. The third-order valence-corrected chi connectivity index (χ3v) is 5.65. The van der Waals surface area contributed by atoms with E-state index in [-0.39, 0.29) is 17.4 Å². The maximum Gasteiger partial charge on any atom is 0.262 e. The second kappa shape index (κ2) is 6.91. The van der Waals surface area contributed by atoms with Crippen molar-refractivity contribution < 1.29 is 8.81 Å². The molecule has 0 unspecified atom stereocenters. The Morgan fingerprint density at radius 1 is 1.14 bits per heavy atom. The molecule has 2 heterocycles. The number of oxazole rings is 1. The lowest BCUT2D eigenvalue weighted by molar-refractivity contribution is 0.571. The van der Waals surface area contributed by atoms with Gasteiger partial charge in [0.15, 0.2) is 5.16 Å². The van der Waals surface area contributed by atoms with E-state index in [4.69, 9.17) is 9.40 Å². The number of thioether (sulfide) groups is 1. The minimum absolute atomic E-state index is 0.0104. The fourth-order valence-electron chi connectivity index (χ4n) is 3.15. The summed E-state index contributed by atoms with van der Waals surface area (Å²) in [5, 5.41) is 1.34. The van der Waals surface area contributed by atoms with E-state index >= 15 is 0 Å². The zero-order chi connectivity index (χ0) is 19.1. The molecule has 2 aromatic heterocycles. The second-order valence-electron chi connectivity index (χ2n) is 6.76. The highest BCUT2D eigenvalue weighted by atomic mass is 32.2. The van der Waals surface area contributed by atoms with Crippen molar-refractivity contribution >= 4 is 22.7 Å². The molecule has 28 heavy (non-hydrogen) atoms. The summed E-state index contributed by atoms with van der Waals surface area (Å²) in [6, 6.07) is 13.8. The van der Waals surface area contributed by atoms with Crippen LogP contribution in [0.2, 0.25) is 0 Å². The van der Waals surface area contributed by atoms with Crippen molar-refractivity contribution in [3.63, 3.8) is 0 Å². The molecule has 0 spiro atoms. The molecule has 0 N–H and O–H groups in total. The number of nitrogens with zero attached hydrogens (tertiary/aromatic N) is 3. The summed E-state index contributed by atoms with van der Waals surface area (Å²) < 4.78 is 20.7. The van der Waals surface area contributed by atoms with E-state index in [2.05, 4.69) is 4.98 Å². The van der Waals surface area contributed by atoms with E-state index in [1.807, 2.05) is 24.3 Å². The molecule has 1 fully saturated rings. The Bertz CT molecular complexity index is 1230. The van der Waals surface area contributed by atoms with E-state index in [0.717, 1.165) is 12.8 Å². The van der Waals surface area contributed by atoms with Crippen LogP contribution in [0.1, 0.15) is 24.6 Å². The van der Waals surface area contributed by atoms with Gasteiger partial charge in [0.25, 0.3) is 5.56 Å². The van der Waals surface area contributed by atoms with Gasteiger partial charge in [0.1, 0.15) is 12.1 Å². The van der Waals surface area contributed by atoms with Gasteiger partial charge in [-0.3, -0.25) is 9.36 Å². The van der Waals surface area contributed by atoms with Crippen molar-refractivity contribution in [2.45, 2.75) is 29.8 Å². The molecule has 0 saturated heterocycles. The van der Waals surface area contributed by atoms with Crippen LogP contribution in [0.4, 0.5) is 4.39 Å². The van der Waals surface area contributed by atoms with Crippen LogP contribution in [0, 0.1) is 5.82 Å². The summed E-state index contributed by atoms with van der Waals surface area (Å²) in [7, 11) is 0. The van der Waals surface area contributed by atoms with E-state index < -0.39 is 0 Å². The number of hydrogen-bond acceptors (Lipinski definition) is 5. The summed E-state index contributed by atoms with van der Waals surface area (Å²) >= 11 is 1.46. The van der Waals surface area contributed by atoms with Crippen molar-refractivity contribution in [3.8, 4) is 11.5 Å². The zero-order valence-corrected chi connectivity index (χ0v) is 15.7. The normalized spacial score (nSPS) is 13.9. The van der Waals surface area contributed by atoms with Crippen molar-refractivity contribution in [1.29, 1.82) is 0 Å². The van der Waals surface area contributed by atoms with Crippen LogP contribution in [0.5, 0.6) is 0 Å². The smallest absolute Gasteiger partial charge is 0.262 e. The molecule has 5 rings (SSSR count). The van der Waals surface area contributed by atoms with Crippen LogP contribution in [-0.4, -0.2) is 14.5 Å². The lowest BCUT2D eigenvalue weighted by Crippen LogP contribution is -2.22. The fraction of sp³-hybridized carbons (Fsp3) is 0.190. The molecular weight excluding hydrogens is 377 g/mol. The lowest BCUT2D eigenvalue weighted by Gasteiger charge is -2.11. The van der Waals surface area contributed by atoms with Gasteiger partial charge in [-0.25, -0.2) is 14.4 Å². The molecule has 1 saturated carbocycles. The van der Waals surface area contributed by atoms with Crippen LogP contribution >= 0.6 is 11.8 Å². The summed E-state index contributed by atoms with van der Waals surface area (Å²) in [6.45, 7) is 0. The highest BCUT2D eigenvalue weighted by Gasteiger charge is 2.28. The first kappa shape index (κ1) is 17.2. The summed E-state index contributed by atoms with van der Waals surface area (Å²) in [5.41, 5.74) is 2.02. The summed E-state index contributed by atoms with van der Waals surface area (Å²) in [5.74, 6) is 0.553. The quantitative estimate of drug-likeness (QED) is 0.359. The predicted molar refractivity (Wildman–Crippen MR) is 106 cm³/mol. The molecule has 1 aliphatic rings. The highest BCUT2D eigenvalue weighted by Crippen LogP contribution is 2.37. The van der Waals surface area contributed by atoms with Crippen molar-refractivity contribution in [3.05, 3.63) is 76.7 Å². The number of rotatable bonds is 5. The van der Waals surface area contributed by atoms with Crippen LogP contribution in [0.15, 0.2) is 69.2 Å². The Hall–Kier alpha value is -2.93. The lowest BCUT2D eigenvalue weighted by atomic mass is 10.2. The molecule has 0 aliphatic heterocycles. The minimum Gasteiger partial charge on any atom is -0.444 e. The molecule has 7 heteroatoms. The van der Waals surface area contributed by atoms with Crippen LogP contribution in [0.25, 0.3) is 22.4 Å². The average Bonchev–Trinajstić information content (AvgIpc) is 3.42. The first-order valence-corrected chi connectivity index (χ1v) is 10.0. The molecule has 1 aliphatic carbocycles. The third-order valence-electron chi connectivity index (χ3n) is 4.66. The molecule has 5 nitrogen and oxygen atoms in total. The first-order valence-electron chi connectivity index (χ1n) is 9.03. The Balaban J connectivity index is 1.44. The van der Waals surface area contributed by atoms with Crippen molar-refractivity contribution in [2.75, 3.05) is 0 Å². The fourth-order valence-corrected chi connectivity index (χ4v) is 4.09. The Kier molecular flexibility index (Phi) is 4.24. The van der Waals surface area contributed by atoms with Crippen LogP contribution in [0.3, 0.4) is 0 Å². The van der Waals surface area contributed by atoms with Crippen LogP contribution < -0.4 is 5.56 Å². The number of benzene rings is 2. The van der Waals surface area contributed by atoms with Gasteiger partial charge in [0.05, 0.1) is 16.6 Å². The van der Waals surface area contributed by atoms with Gasteiger partial charge in [-0.2, -0.15) is 0 Å². The van der Waals surface area contributed by atoms with E-state index in [9.17, 15) is 9.18 Å². The molecule has 0 amide bonds. The molecule has 4 aromatic rings. The molecule has 140 valence electrons. The number of halogens is 1. The first-order chi connectivity index (χ1) is 13.7. The van der Waals surface area contributed by atoms with Gasteiger partial charge >= 0.3 is 0 Å². The minimum atomic E-state index is -0.333. The topological polar surface area (TPSA) is 60.9 Å². The maximum absolute atomic E-state index is 13.4. The number of hydrogen-bond donors (Lipinski definition) is 0. The monoisotopic (exact) mass is 393 g/mol.